The Morgan fingerprint density at radius 1 is 0.933 bits per heavy atom. The standard InChI is InChI=1S/C22H21FN2O3S2/c1-15(16-3-7-18(23)8-4-16)24-22(26)17-5-9-19(10-6-17)25-30(27,28)21-13-11-20(29-2)12-14-21/h3-15,25H,1-2H3,(H,24,26)/t15-/m0/s1. The van der Waals surface area contributed by atoms with Crippen molar-refractivity contribution in [2.45, 2.75) is 22.8 Å². The topological polar surface area (TPSA) is 75.3 Å². The van der Waals surface area contributed by atoms with Crippen LogP contribution in [-0.4, -0.2) is 20.6 Å². The van der Waals surface area contributed by atoms with Crippen LogP contribution in [0.1, 0.15) is 28.9 Å². The summed E-state index contributed by atoms with van der Waals surface area (Å²) in [6, 6.07) is 18.3. The summed E-state index contributed by atoms with van der Waals surface area (Å²) in [5.41, 5.74) is 1.52. The van der Waals surface area contributed by atoms with E-state index in [2.05, 4.69) is 10.0 Å². The first-order chi connectivity index (χ1) is 14.3. The second kappa shape index (κ2) is 9.32. The van der Waals surface area contributed by atoms with E-state index >= 15 is 0 Å². The zero-order chi connectivity index (χ0) is 21.7. The van der Waals surface area contributed by atoms with Crippen LogP contribution in [0, 0.1) is 5.82 Å². The van der Waals surface area contributed by atoms with Crippen LogP contribution in [0.3, 0.4) is 0 Å². The van der Waals surface area contributed by atoms with Crippen LogP contribution < -0.4 is 10.0 Å². The third-order valence-corrected chi connectivity index (χ3v) is 6.63. The number of hydrogen-bond donors (Lipinski definition) is 2. The number of halogens is 1. The summed E-state index contributed by atoms with van der Waals surface area (Å²) in [5.74, 6) is -0.649. The SMILES string of the molecule is CSc1ccc(S(=O)(=O)Nc2ccc(C(=O)N[C@@H](C)c3ccc(F)cc3)cc2)cc1. The predicted molar refractivity (Wildman–Crippen MR) is 118 cm³/mol. The summed E-state index contributed by atoms with van der Waals surface area (Å²) in [6.45, 7) is 1.80. The summed E-state index contributed by atoms with van der Waals surface area (Å²) in [5, 5.41) is 2.83. The minimum Gasteiger partial charge on any atom is -0.346 e. The largest absolute Gasteiger partial charge is 0.346 e. The van der Waals surface area contributed by atoms with E-state index in [0.717, 1.165) is 10.5 Å². The maximum atomic E-state index is 13.0. The fraction of sp³-hybridized carbons (Fsp3) is 0.136. The molecular formula is C22H21FN2O3S2. The summed E-state index contributed by atoms with van der Waals surface area (Å²) in [4.78, 5) is 13.6. The van der Waals surface area contributed by atoms with Gasteiger partial charge in [-0.1, -0.05) is 12.1 Å². The summed E-state index contributed by atoms with van der Waals surface area (Å²) in [6.07, 6.45) is 1.92. The molecule has 3 aromatic rings. The maximum Gasteiger partial charge on any atom is 0.261 e. The quantitative estimate of drug-likeness (QED) is 0.512. The van der Waals surface area contributed by atoms with Gasteiger partial charge in [0.1, 0.15) is 5.82 Å². The summed E-state index contributed by atoms with van der Waals surface area (Å²) in [7, 11) is -3.72. The third kappa shape index (κ3) is 5.40. The molecule has 0 heterocycles. The Labute approximate surface area is 179 Å². The Kier molecular flexibility index (Phi) is 6.79. The number of anilines is 1. The highest BCUT2D eigenvalue weighted by molar-refractivity contribution is 7.98. The average molecular weight is 445 g/mol. The number of sulfonamides is 1. The lowest BCUT2D eigenvalue weighted by Crippen LogP contribution is -2.26. The van der Waals surface area contributed by atoms with E-state index in [4.69, 9.17) is 0 Å². The van der Waals surface area contributed by atoms with Crippen LogP contribution in [0.2, 0.25) is 0 Å². The summed E-state index contributed by atoms with van der Waals surface area (Å²) >= 11 is 1.53. The molecule has 3 rings (SSSR count). The molecule has 0 aliphatic rings. The molecule has 3 aromatic carbocycles. The Balaban J connectivity index is 1.66. The van der Waals surface area contributed by atoms with Gasteiger partial charge in [-0.05, 0) is 79.4 Å². The van der Waals surface area contributed by atoms with Gasteiger partial charge in [0.15, 0.2) is 0 Å². The van der Waals surface area contributed by atoms with Crippen molar-refractivity contribution in [3.8, 4) is 0 Å². The lowest BCUT2D eigenvalue weighted by molar-refractivity contribution is 0.0940. The first-order valence-corrected chi connectivity index (χ1v) is 11.8. The molecule has 0 bridgehead atoms. The van der Waals surface area contributed by atoms with Crippen LogP contribution in [0.15, 0.2) is 82.6 Å². The molecule has 0 aliphatic heterocycles. The van der Waals surface area contributed by atoms with Gasteiger partial charge in [-0.3, -0.25) is 9.52 Å². The minimum absolute atomic E-state index is 0.162. The smallest absolute Gasteiger partial charge is 0.261 e. The number of benzene rings is 3. The van der Waals surface area contributed by atoms with E-state index in [0.29, 0.717) is 11.3 Å². The maximum absolute atomic E-state index is 13.0. The number of hydrogen-bond acceptors (Lipinski definition) is 4. The molecule has 156 valence electrons. The second-order valence-electron chi connectivity index (χ2n) is 6.61. The number of carbonyl (C=O) groups excluding carboxylic acids is 1. The molecule has 0 aromatic heterocycles. The van der Waals surface area contributed by atoms with Gasteiger partial charge in [0, 0.05) is 16.1 Å². The van der Waals surface area contributed by atoms with E-state index < -0.39 is 10.0 Å². The Bertz CT molecular complexity index is 1110. The van der Waals surface area contributed by atoms with E-state index in [-0.39, 0.29) is 22.7 Å². The van der Waals surface area contributed by atoms with Crippen LogP contribution in [-0.2, 0) is 10.0 Å². The van der Waals surface area contributed by atoms with E-state index in [1.807, 2.05) is 6.26 Å². The molecule has 1 amide bonds. The molecular weight excluding hydrogens is 423 g/mol. The summed E-state index contributed by atoms with van der Waals surface area (Å²) < 4.78 is 40.6. The fourth-order valence-corrected chi connectivity index (χ4v) is 4.24. The van der Waals surface area contributed by atoms with Gasteiger partial charge in [-0.15, -0.1) is 11.8 Å². The highest BCUT2D eigenvalue weighted by Crippen LogP contribution is 2.21. The molecule has 8 heteroatoms. The molecule has 0 radical (unpaired) electrons. The van der Waals surface area contributed by atoms with Crippen molar-refractivity contribution < 1.29 is 17.6 Å². The first-order valence-electron chi connectivity index (χ1n) is 9.12. The molecule has 0 saturated carbocycles. The lowest BCUT2D eigenvalue weighted by atomic mass is 10.1. The van der Waals surface area contributed by atoms with Crippen molar-refractivity contribution >= 4 is 33.4 Å². The van der Waals surface area contributed by atoms with Gasteiger partial charge in [0.2, 0.25) is 0 Å². The monoisotopic (exact) mass is 444 g/mol. The average Bonchev–Trinajstić information content (AvgIpc) is 2.74. The number of nitrogens with one attached hydrogen (secondary N) is 2. The van der Waals surface area contributed by atoms with Crippen LogP contribution in [0.5, 0.6) is 0 Å². The number of rotatable bonds is 7. The van der Waals surface area contributed by atoms with Crippen LogP contribution >= 0.6 is 11.8 Å². The van der Waals surface area contributed by atoms with Crippen molar-refractivity contribution in [3.63, 3.8) is 0 Å². The van der Waals surface area contributed by atoms with Crippen LogP contribution in [0.25, 0.3) is 0 Å². The molecule has 0 unspecified atom stereocenters. The van der Waals surface area contributed by atoms with Crippen molar-refractivity contribution in [2.24, 2.45) is 0 Å². The predicted octanol–water partition coefficient (Wildman–Crippen LogP) is 4.84. The van der Waals surface area contributed by atoms with Gasteiger partial charge < -0.3 is 5.32 Å². The van der Waals surface area contributed by atoms with E-state index in [1.165, 1.54) is 36.0 Å². The molecule has 1 atom stereocenters. The normalized spacial score (nSPS) is 12.2. The highest BCUT2D eigenvalue weighted by atomic mass is 32.2. The highest BCUT2D eigenvalue weighted by Gasteiger charge is 2.15. The minimum atomic E-state index is -3.72. The Morgan fingerprint density at radius 3 is 2.10 bits per heavy atom. The molecule has 0 spiro atoms. The molecule has 0 aliphatic carbocycles. The zero-order valence-corrected chi connectivity index (χ0v) is 18.1. The van der Waals surface area contributed by atoms with Gasteiger partial charge in [-0.2, -0.15) is 0 Å². The van der Waals surface area contributed by atoms with Crippen molar-refractivity contribution in [2.75, 3.05) is 11.0 Å². The van der Waals surface area contributed by atoms with Gasteiger partial charge in [0.05, 0.1) is 10.9 Å². The number of carbonyl (C=O) groups is 1. The van der Waals surface area contributed by atoms with Gasteiger partial charge >= 0.3 is 0 Å². The van der Waals surface area contributed by atoms with Gasteiger partial charge in [-0.25, -0.2) is 12.8 Å². The van der Waals surface area contributed by atoms with E-state index in [9.17, 15) is 17.6 Å². The molecule has 30 heavy (non-hydrogen) atoms. The third-order valence-electron chi connectivity index (χ3n) is 4.49. The lowest BCUT2D eigenvalue weighted by Gasteiger charge is -2.15. The van der Waals surface area contributed by atoms with Crippen molar-refractivity contribution in [3.05, 3.63) is 89.7 Å². The Hall–Kier alpha value is -2.84. The Morgan fingerprint density at radius 2 is 1.53 bits per heavy atom. The van der Waals surface area contributed by atoms with Gasteiger partial charge in [0.25, 0.3) is 15.9 Å². The molecule has 2 N–H and O–H groups in total. The number of amides is 1. The molecule has 0 saturated heterocycles. The van der Waals surface area contributed by atoms with E-state index in [1.54, 1.807) is 55.5 Å². The molecule has 0 fully saturated rings. The van der Waals surface area contributed by atoms with Crippen LogP contribution in [0.4, 0.5) is 10.1 Å². The first kappa shape index (κ1) is 21.9. The van der Waals surface area contributed by atoms with Crippen molar-refractivity contribution in [1.82, 2.24) is 5.32 Å². The zero-order valence-electron chi connectivity index (χ0n) is 16.4. The fourth-order valence-electron chi connectivity index (χ4n) is 2.77. The van der Waals surface area contributed by atoms with Crippen molar-refractivity contribution in [1.29, 1.82) is 0 Å². The number of thioether (sulfide) groups is 1. The molecule has 5 nitrogen and oxygen atoms in total. The second-order valence-corrected chi connectivity index (χ2v) is 9.17.